The Labute approximate surface area is 121 Å². The second-order valence-corrected chi connectivity index (χ2v) is 6.63. The number of carboxylic acid groups (broad SMARTS) is 1. The molecule has 0 saturated heterocycles. The summed E-state index contributed by atoms with van der Waals surface area (Å²) in [7, 11) is 1.86. The number of aromatic nitrogens is 2. The SMILES string of the molecule is Cc1ccc(CN2Cc3ncn(C)c3C(C(=O)O)C2)s1. The Balaban J connectivity index is 1.85. The van der Waals surface area contributed by atoms with Gasteiger partial charge in [0.2, 0.25) is 0 Å². The summed E-state index contributed by atoms with van der Waals surface area (Å²) in [6.45, 7) is 4.13. The van der Waals surface area contributed by atoms with Gasteiger partial charge in [-0.2, -0.15) is 0 Å². The fraction of sp³-hybridized carbons (Fsp3) is 0.429. The third kappa shape index (κ3) is 2.36. The number of fused-ring (bicyclic) bond motifs is 1. The van der Waals surface area contributed by atoms with Crippen molar-refractivity contribution in [3.05, 3.63) is 39.6 Å². The average molecular weight is 291 g/mol. The highest BCUT2D eigenvalue weighted by Gasteiger charge is 2.33. The van der Waals surface area contributed by atoms with E-state index in [1.54, 1.807) is 17.7 Å². The summed E-state index contributed by atoms with van der Waals surface area (Å²) in [4.78, 5) is 20.6. The standard InChI is InChI=1S/C14H17N3O2S/c1-9-3-4-10(20-9)5-17-6-11(14(18)19)13-12(7-17)15-8-16(13)2/h3-4,8,11H,5-7H2,1-2H3,(H,18,19). The molecule has 0 saturated carbocycles. The number of thiophene rings is 1. The van der Waals surface area contributed by atoms with Crippen LogP contribution in [0.2, 0.25) is 0 Å². The molecule has 1 aliphatic rings. The summed E-state index contributed by atoms with van der Waals surface area (Å²) in [5.74, 6) is -1.27. The minimum Gasteiger partial charge on any atom is -0.481 e. The third-order valence-corrected chi connectivity index (χ3v) is 4.67. The molecule has 0 aliphatic carbocycles. The monoisotopic (exact) mass is 291 g/mol. The topological polar surface area (TPSA) is 58.4 Å². The molecule has 0 spiro atoms. The number of aliphatic carboxylic acids is 1. The van der Waals surface area contributed by atoms with Gasteiger partial charge in [0, 0.05) is 36.4 Å². The first-order valence-corrected chi connectivity index (χ1v) is 7.37. The van der Waals surface area contributed by atoms with Crippen molar-refractivity contribution in [3.63, 3.8) is 0 Å². The van der Waals surface area contributed by atoms with Crippen molar-refractivity contribution in [1.29, 1.82) is 0 Å². The number of hydrogen-bond acceptors (Lipinski definition) is 4. The molecule has 0 aromatic carbocycles. The summed E-state index contributed by atoms with van der Waals surface area (Å²) >= 11 is 1.76. The Morgan fingerprint density at radius 2 is 2.35 bits per heavy atom. The van der Waals surface area contributed by atoms with Gasteiger partial charge < -0.3 is 9.67 Å². The van der Waals surface area contributed by atoms with Crippen LogP contribution in [0.5, 0.6) is 0 Å². The van der Waals surface area contributed by atoms with Gasteiger partial charge in [-0.05, 0) is 19.1 Å². The quantitative estimate of drug-likeness (QED) is 0.939. The molecule has 20 heavy (non-hydrogen) atoms. The molecule has 1 aliphatic heterocycles. The molecule has 106 valence electrons. The van der Waals surface area contributed by atoms with Crippen molar-refractivity contribution in [2.45, 2.75) is 25.9 Å². The van der Waals surface area contributed by atoms with E-state index in [-0.39, 0.29) is 0 Å². The van der Waals surface area contributed by atoms with Gasteiger partial charge >= 0.3 is 5.97 Å². The molecular weight excluding hydrogens is 274 g/mol. The Morgan fingerprint density at radius 1 is 1.55 bits per heavy atom. The van der Waals surface area contributed by atoms with E-state index in [0.717, 1.165) is 24.5 Å². The zero-order valence-electron chi connectivity index (χ0n) is 11.5. The molecule has 2 aromatic heterocycles. The lowest BCUT2D eigenvalue weighted by Crippen LogP contribution is -2.37. The van der Waals surface area contributed by atoms with Crippen molar-refractivity contribution in [3.8, 4) is 0 Å². The first kappa shape index (κ1) is 13.3. The normalized spacial score (nSPS) is 19.0. The lowest BCUT2D eigenvalue weighted by atomic mass is 9.98. The van der Waals surface area contributed by atoms with Crippen LogP contribution in [0.3, 0.4) is 0 Å². The lowest BCUT2D eigenvalue weighted by molar-refractivity contribution is -0.139. The van der Waals surface area contributed by atoms with Gasteiger partial charge in [-0.15, -0.1) is 11.3 Å². The van der Waals surface area contributed by atoms with Crippen molar-refractivity contribution in [1.82, 2.24) is 14.5 Å². The first-order chi connectivity index (χ1) is 9.54. The predicted octanol–water partition coefficient (Wildman–Crippen LogP) is 1.97. The van der Waals surface area contributed by atoms with Crippen LogP contribution in [0.15, 0.2) is 18.5 Å². The molecule has 1 N–H and O–H groups in total. The Kier molecular flexibility index (Phi) is 3.35. The van der Waals surface area contributed by atoms with E-state index in [2.05, 4.69) is 28.9 Å². The first-order valence-electron chi connectivity index (χ1n) is 6.55. The molecular formula is C14H17N3O2S. The summed E-state index contributed by atoms with van der Waals surface area (Å²) in [5.41, 5.74) is 1.73. The van der Waals surface area contributed by atoms with Crippen LogP contribution in [-0.4, -0.2) is 32.1 Å². The van der Waals surface area contributed by atoms with E-state index < -0.39 is 11.9 Å². The molecule has 3 rings (SSSR count). The Morgan fingerprint density at radius 3 is 3.00 bits per heavy atom. The van der Waals surface area contributed by atoms with Crippen LogP contribution in [0.25, 0.3) is 0 Å². The van der Waals surface area contributed by atoms with Crippen LogP contribution in [0, 0.1) is 6.92 Å². The maximum atomic E-state index is 11.5. The minimum atomic E-state index is -0.776. The minimum absolute atomic E-state index is 0.493. The van der Waals surface area contributed by atoms with Gasteiger partial charge in [0.1, 0.15) is 5.92 Å². The van der Waals surface area contributed by atoms with Crippen molar-refractivity contribution in [2.75, 3.05) is 6.54 Å². The van der Waals surface area contributed by atoms with E-state index in [0.29, 0.717) is 6.54 Å². The number of nitrogens with zero attached hydrogens (tertiary/aromatic N) is 3. The van der Waals surface area contributed by atoms with Crippen molar-refractivity contribution >= 4 is 17.3 Å². The molecule has 5 nitrogen and oxygen atoms in total. The third-order valence-electron chi connectivity index (χ3n) is 3.68. The fourth-order valence-electron chi connectivity index (χ4n) is 2.78. The zero-order valence-corrected chi connectivity index (χ0v) is 12.4. The number of hydrogen-bond donors (Lipinski definition) is 1. The zero-order chi connectivity index (χ0) is 14.3. The van der Waals surface area contributed by atoms with Gasteiger partial charge in [-0.3, -0.25) is 9.69 Å². The van der Waals surface area contributed by atoms with Gasteiger partial charge in [0.05, 0.1) is 17.7 Å². The number of carboxylic acids is 1. The van der Waals surface area contributed by atoms with Crippen molar-refractivity contribution < 1.29 is 9.90 Å². The molecule has 0 fully saturated rings. The molecule has 0 amide bonds. The van der Waals surface area contributed by atoms with Crippen LogP contribution in [0.4, 0.5) is 0 Å². The van der Waals surface area contributed by atoms with Gasteiger partial charge in [0.25, 0.3) is 0 Å². The number of aryl methyl sites for hydroxylation is 2. The maximum Gasteiger partial charge on any atom is 0.313 e. The Bertz CT molecular complexity index is 647. The van der Waals surface area contributed by atoms with E-state index in [9.17, 15) is 9.90 Å². The second kappa shape index (κ2) is 5.03. The van der Waals surface area contributed by atoms with Crippen molar-refractivity contribution in [2.24, 2.45) is 7.05 Å². The highest BCUT2D eigenvalue weighted by atomic mass is 32.1. The second-order valence-electron chi connectivity index (χ2n) is 5.26. The summed E-state index contributed by atoms with van der Waals surface area (Å²) in [5, 5.41) is 9.45. The molecule has 1 atom stereocenters. The van der Waals surface area contributed by atoms with E-state index >= 15 is 0 Å². The molecule has 6 heteroatoms. The Hall–Kier alpha value is -1.66. The number of imidazole rings is 1. The van der Waals surface area contributed by atoms with Gasteiger partial charge in [0.15, 0.2) is 0 Å². The molecule has 3 heterocycles. The molecule has 0 radical (unpaired) electrons. The largest absolute Gasteiger partial charge is 0.481 e. The molecule has 1 unspecified atom stereocenters. The van der Waals surface area contributed by atoms with E-state index in [4.69, 9.17) is 0 Å². The predicted molar refractivity (Wildman–Crippen MR) is 76.8 cm³/mol. The van der Waals surface area contributed by atoms with Gasteiger partial charge in [-0.25, -0.2) is 4.98 Å². The maximum absolute atomic E-state index is 11.5. The van der Waals surface area contributed by atoms with Crippen LogP contribution < -0.4 is 0 Å². The number of carbonyl (C=O) groups is 1. The lowest BCUT2D eigenvalue weighted by Gasteiger charge is -2.30. The summed E-state index contributed by atoms with van der Waals surface area (Å²) in [6.07, 6.45) is 1.71. The van der Waals surface area contributed by atoms with Crippen LogP contribution >= 0.6 is 11.3 Å². The van der Waals surface area contributed by atoms with Gasteiger partial charge in [-0.1, -0.05) is 0 Å². The van der Waals surface area contributed by atoms with E-state index in [1.165, 1.54) is 9.75 Å². The highest BCUT2D eigenvalue weighted by Crippen LogP contribution is 2.29. The number of rotatable bonds is 3. The van der Waals surface area contributed by atoms with Crippen LogP contribution in [-0.2, 0) is 24.9 Å². The smallest absolute Gasteiger partial charge is 0.313 e. The molecule has 0 bridgehead atoms. The fourth-order valence-corrected chi connectivity index (χ4v) is 3.72. The van der Waals surface area contributed by atoms with Crippen LogP contribution in [0.1, 0.15) is 27.1 Å². The average Bonchev–Trinajstić information content (AvgIpc) is 2.96. The molecule has 2 aromatic rings. The highest BCUT2D eigenvalue weighted by molar-refractivity contribution is 7.11. The van der Waals surface area contributed by atoms with E-state index in [1.807, 2.05) is 11.6 Å². The summed E-state index contributed by atoms with van der Waals surface area (Å²) in [6, 6.07) is 4.22. The summed E-state index contributed by atoms with van der Waals surface area (Å²) < 4.78 is 1.83.